The minimum absolute atomic E-state index is 0.173. The smallest absolute Gasteiger partial charge is 0.255 e. The molecule has 150 valence electrons. The number of ether oxygens (including phenoxy) is 1. The summed E-state index contributed by atoms with van der Waals surface area (Å²) < 4.78 is 6.49. The second-order valence-electron chi connectivity index (χ2n) is 6.15. The molecular formula is C21H16BrCl3N2O2. The lowest BCUT2D eigenvalue weighted by molar-refractivity contribution is 0.0716. The van der Waals surface area contributed by atoms with Gasteiger partial charge in [0.1, 0.15) is 6.61 Å². The van der Waals surface area contributed by atoms with Crippen molar-refractivity contribution in [3.8, 4) is 5.75 Å². The van der Waals surface area contributed by atoms with Crippen LogP contribution in [0.3, 0.4) is 0 Å². The molecule has 0 aliphatic rings. The van der Waals surface area contributed by atoms with Crippen LogP contribution < -0.4 is 4.74 Å². The van der Waals surface area contributed by atoms with E-state index in [4.69, 9.17) is 39.5 Å². The zero-order valence-corrected chi connectivity index (χ0v) is 19.0. The van der Waals surface area contributed by atoms with Crippen LogP contribution in [0.25, 0.3) is 0 Å². The highest BCUT2D eigenvalue weighted by Gasteiger charge is 2.18. The van der Waals surface area contributed by atoms with E-state index < -0.39 is 0 Å². The number of benzene rings is 2. The van der Waals surface area contributed by atoms with Gasteiger partial charge < -0.3 is 9.64 Å². The van der Waals surface area contributed by atoms with E-state index >= 15 is 0 Å². The molecule has 0 saturated heterocycles. The van der Waals surface area contributed by atoms with E-state index in [1.807, 2.05) is 18.2 Å². The SMILES string of the molecule is O=C(c1cncc(Br)c1)N(CCOc1c(Cl)cccc1Cl)Cc1cccc(Cl)c1. The summed E-state index contributed by atoms with van der Waals surface area (Å²) in [6.07, 6.45) is 3.16. The van der Waals surface area contributed by atoms with Crippen molar-refractivity contribution in [2.45, 2.75) is 6.54 Å². The van der Waals surface area contributed by atoms with Gasteiger partial charge in [-0.1, -0.05) is 53.0 Å². The van der Waals surface area contributed by atoms with Crippen LogP contribution in [0.4, 0.5) is 0 Å². The van der Waals surface area contributed by atoms with Gasteiger partial charge in [0.25, 0.3) is 5.91 Å². The van der Waals surface area contributed by atoms with Gasteiger partial charge in [-0.15, -0.1) is 0 Å². The molecule has 0 atom stereocenters. The van der Waals surface area contributed by atoms with Gasteiger partial charge in [0, 0.05) is 28.4 Å². The van der Waals surface area contributed by atoms with Gasteiger partial charge in [0.05, 0.1) is 22.2 Å². The third-order valence-corrected chi connectivity index (χ3v) is 5.29. The van der Waals surface area contributed by atoms with E-state index in [0.29, 0.717) is 39.5 Å². The minimum Gasteiger partial charge on any atom is -0.489 e. The quantitative estimate of drug-likeness (QED) is 0.360. The zero-order valence-electron chi connectivity index (χ0n) is 15.1. The Balaban J connectivity index is 1.77. The van der Waals surface area contributed by atoms with E-state index in [-0.39, 0.29) is 12.5 Å². The summed E-state index contributed by atoms with van der Waals surface area (Å²) in [5.41, 5.74) is 1.38. The Bertz CT molecular complexity index is 996. The summed E-state index contributed by atoms with van der Waals surface area (Å²) in [4.78, 5) is 18.8. The molecule has 0 saturated carbocycles. The fourth-order valence-corrected chi connectivity index (χ4v) is 3.78. The standard InChI is InChI=1S/C21H16BrCl3N2O2/c22-16-10-15(11-26-12-16)21(28)27(13-14-3-1-4-17(23)9-14)7-8-29-20-18(24)5-2-6-19(20)25/h1-6,9-12H,7-8,13H2. The van der Waals surface area contributed by atoms with Gasteiger partial charge >= 0.3 is 0 Å². The maximum atomic E-state index is 13.1. The average molecular weight is 515 g/mol. The Hall–Kier alpha value is -1.79. The number of amides is 1. The molecular weight excluding hydrogens is 499 g/mol. The van der Waals surface area contributed by atoms with E-state index in [2.05, 4.69) is 20.9 Å². The topological polar surface area (TPSA) is 42.4 Å². The van der Waals surface area contributed by atoms with Crippen LogP contribution in [0, 0.1) is 0 Å². The summed E-state index contributed by atoms with van der Waals surface area (Å²) in [5.74, 6) is 0.225. The van der Waals surface area contributed by atoms with E-state index in [1.165, 1.54) is 6.20 Å². The Morgan fingerprint density at radius 3 is 2.45 bits per heavy atom. The Labute approximate surface area is 192 Å². The maximum absolute atomic E-state index is 13.1. The number of aromatic nitrogens is 1. The second kappa shape index (κ2) is 10.3. The first-order valence-corrected chi connectivity index (χ1v) is 10.6. The molecule has 0 bridgehead atoms. The molecule has 1 heterocycles. The third-order valence-electron chi connectivity index (χ3n) is 4.03. The number of halogens is 4. The van der Waals surface area contributed by atoms with Gasteiger partial charge in [-0.05, 0) is 51.8 Å². The first kappa shape index (κ1) is 21.9. The summed E-state index contributed by atoms with van der Waals surface area (Å²) in [6, 6.07) is 14.2. The molecule has 2 aromatic carbocycles. The summed E-state index contributed by atoms with van der Waals surface area (Å²) in [7, 11) is 0. The third kappa shape index (κ3) is 6.09. The molecule has 4 nitrogen and oxygen atoms in total. The van der Waals surface area contributed by atoms with Crippen LogP contribution in [0.1, 0.15) is 15.9 Å². The molecule has 0 aliphatic heterocycles. The number of para-hydroxylation sites is 1. The van der Waals surface area contributed by atoms with Crippen molar-refractivity contribution in [3.05, 3.63) is 91.6 Å². The van der Waals surface area contributed by atoms with Crippen molar-refractivity contribution >= 4 is 56.6 Å². The maximum Gasteiger partial charge on any atom is 0.255 e. The summed E-state index contributed by atoms with van der Waals surface area (Å²) >= 11 is 21.7. The lowest BCUT2D eigenvalue weighted by Gasteiger charge is -2.23. The number of carbonyl (C=O) groups is 1. The van der Waals surface area contributed by atoms with E-state index in [9.17, 15) is 4.79 Å². The van der Waals surface area contributed by atoms with Gasteiger partial charge in [0.2, 0.25) is 0 Å². The highest BCUT2D eigenvalue weighted by molar-refractivity contribution is 9.10. The number of hydrogen-bond donors (Lipinski definition) is 0. The van der Waals surface area contributed by atoms with Crippen LogP contribution in [-0.2, 0) is 6.54 Å². The lowest BCUT2D eigenvalue weighted by atomic mass is 10.2. The van der Waals surface area contributed by atoms with Crippen molar-refractivity contribution in [1.82, 2.24) is 9.88 Å². The van der Waals surface area contributed by atoms with Crippen LogP contribution in [-0.4, -0.2) is 28.9 Å². The van der Waals surface area contributed by atoms with Crippen molar-refractivity contribution < 1.29 is 9.53 Å². The zero-order chi connectivity index (χ0) is 20.8. The molecule has 0 radical (unpaired) electrons. The normalized spacial score (nSPS) is 10.6. The van der Waals surface area contributed by atoms with Crippen LogP contribution in [0.15, 0.2) is 65.4 Å². The van der Waals surface area contributed by atoms with Crippen molar-refractivity contribution in [3.63, 3.8) is 0 Å². The molecule has 3 rings (SSSR count). The van der Waals surface area contributed by atoms with E-state index in [0.717, 1.165) is 10.0 Å². The van der Waals surface area contributed by atoms with Gasteiger partial charge in [-0.2, -0.15) is 0 Å². The predicted molar refractivity (Wildman–Crippen MR) is 120 cm³/mol. The number of hydrogen-bond acceptors (Lipinski definition) is 3. The monoisotopic (exact) mass is 512 g/mol. The summed E-state index contributed by atoms with van der Waals surface area (Å²) in [5, 5.41) is 1.45. The van der Waals surface area contributed by atoms with Crippen LogP contribution in [0.5, 0.6) is 5.75 Å². The first-order valence-electron chi connectivity index (χ1n) is 8.65. The highest BCUT2D eigenvalue weighted by atomic mass is 79.9. The first-order chi connectivity index (χ1) is 13.9. The van der Waals surface area contributed by atoms with Gasteiger partial charge in [-0.25, -0.2) is 0 Å². The highest BCUT2D eigenvalue weighted by Crippen LogP contribution is 2.32. The van der Waals surface area contributed by atoms with Crippen molar-refractivity contribution in [1.29, 1.82) is 0 Å². The Kier molecular flexibility index (Phi) is 7.78. The molecule has 0 aliphatic carbocycles. The lowest BCUT2D eigenvalue weighted by Crippen LogP contribution is -2.34. The fourth-order valence-electron chi connectivity index (χ4n) is 2.70. The largest absolute Gasteiger partial charge is 0.489 e. The molecule has 1 aromatic heterocycles. The van der Waals surface area contributed by atoms with Crippen molar-refractivity contribution in [2.75, 3.05) is 13.2 Å². The van der Waals surface area contributed by atoms with Crippen LogP contribution in [0.2, 0.25) is 15.1 Å². The molecule has 8 heteroatoms. The number of carbonyl (C=O) groups excluding carboxylic acids is 1. The second-order valence-corrected chi connectivity index (χ2v) is 8.31. The minimum atomic E-state index is -0.173. The predicted octanol–water partition coefficient (Wildman–Crippen LogP) is 6.53. The molecule has 1 amide bonds. The fraction of sp³-hybridized carbons (Fsp3) is 0.143. The Morgan fingerprint density at radius 2 is 1.76 bits per heavy atom. The molecule has 0 spiro atoms. The molecule has 3 aromatic rings. The van der Waals surface area contributed by atoms with Crippen molar-refractivity contribution in [2.24, 2.45) is 0 Å². The number of pyridine rings is 1. The molecule has 0 fully saturated rings. The Morgan fingerprint density at radius 1 is 1.03 bits per heavy atom. The summed E-state index contributed by atoms with van der Waals surface area (Å²) in [6.45, 7) is 0.905. The van der Waals surface area contributed by atoms with Crippen LogP contribution >= 0.6 is 50.7 Å². The van der Waals surface area contributed by atoms with Gasteiger partial charge in [0.15, 0.2) is 5.75 Å². The molecule has 29 heavy (non-hydrogen) atoms. The van der Waals surface area contributed by atoms with Gasteiger partial charge in [-0.3, -0.25) is 9.78 Å². The molecule has 0 unspecified atom stereocenters. The number of nitrogens with zero attached hydrogens (tertiary/aromatic N) is 2. The van der Waals surface area contributed by atoms with E-state index in [1.54, 1.807) is 41.4 Å². The average Bonchev–Trinajstić information content (AvgIpc) is 2.69. The number of rotatable bonds is 7. The molecule has 0 N–H and O–H groups in total.